The quantitative estimate of drug-likeness (QED) is 0.920. The summed E-state index contributed by atoms with van der Waals surface area (Å²) in [6, 6.07) is 7.91. The molecule has 0 aliphatic carbocycles. The molecule has 0 spiro atoms. The Morgan fingerprint density at radius 3 is 2.67 bits per heavy atom. The fourth-order valence-electron chi connectivity index (χ4n) is 1.97. The zero-order valence-electron chi connectivity index (χ0n) is 12.3. The van der Waals surface area contributed by atoms with E-state index in [1.807, 2.05) is 18.9 Å². The third-order valence-electron chi connectivity index (χ3n) is 3.30. The van der Waals surface area contributed by atoms with E-state index < -0.39 is 0 Å². The van der Waals surface area contributed by atoms with Crippen LogP contribution in [0.15, 0.2) is 34.9 Å². The van der Waals surface area contributed by atoms with Gasteiger partial charge in [0.25, 0.3) is 0 Å². The van der Waals surface area contributed by atoms with Crippen molar-refractivity contribution in [1.82, 2.24) is 10.1 Å². The third kappa shape index (κ3) is 4.13. The second-order valence-electron chi connectivity index (χ2n) is 5.01. The molecule has 1 aromatic carbocycles. The summed E-state index contributed by atoms with van der Waals surface area (Å²) >= 11 is 0. The van der Waals surface area contributed by atoms with Crippen LogP contribution in [0.4, 0.5) is 10.2 Å². The van der Waals surface area contributed by atoms with Gasteiger partial charge in [0, 0.05) is 12.1 Å². The fraction of sp³-hybridized carbons (Fsp3) is 0.333. The number of carbonyl (C=O) groups excluding carboxylic acids is 1. The van der Waals surface area contributed by atoms with Gasteiger partial charge in [-0.05, 0) is 38.6 Å². The van der Waals surface area contributed by atoms with Crippen molar-refractivity contribution >= 4 is 11.7 Å². The molecule has 1 amide bonds. The van der Waals surface area contributed by atoms with Gasteiger partial charge in [0.15, 0.2) is 5.82 Å². The summed E-state index contributed by atoms with van der Waals surface area (Å²) in [5.74, 6) is 0.589. The molecule has 1 atom stereocenters. The summed E-state index contributed by atoms with van der Waals surface area (Å²) in [5.41, 5.74) is 0.948. The predicted molar refractivity (Wildman–Crippen MR) is 77.3 cm³/mol. The van der Waals surface area contributed by atoms with Crippen molar-refractivity contribution in [1.29, 1.82) is 0 Å². The van der Waals surface area contributed by atoms with Crippen molar-refractivity contribution in [3.63, 3.8) is 0 Å². The first-order chi connectivity index (χ1) is 9.95. The monoisotopic (exact) mass is 291 g/mol. The van der Waals surface area contributed by atoms with Crippen LogP contribution in [0.3, 0.4) is 0 Å². The molecule has 0 unspecified atom stereocenters. The first-order valence-electron chi connectivity index (χ1n) is 6.64. The van der Waals surface area contributed by atoms with Crippen LogP contribution in [0.2, 0.25) is 0 Å². The van der Waals surface area contributed by atoms with Crippen LogP contribution in [-0.2, 0) is 4.79 Å². The SMILES string of the molecule is Cc1cc(NC(=O)CN(C)[C@@H](C)c2ccc(F)cc2)no1. The van der Waals surface area contributed by atoms with Crippen LogP contribution in [0.5, 0.6) is 0 Å². The van der Waals surface area contributed by atoms with Crippen LogP contribution in [0, 0.1) is 12.7 Å². The Morgan fingerprint density at radius 2 is 2.10 bits per heavy atom. The molecule has 0 radical (unpaired) electrons. The van der Waals surface area contributed by atoms with Crippen LogP contribution in [0.1, 0.15) is 24.3 Å². The van der Waals surface area contributed by atoms with E-state index in [2.05, 4.69) is 10.5 Å². The number of hydrogen-bond acceptors (Lipinski definition) is 4. The highest BCUT2D eigenvalue weighted by Crippen LogP contribution is 2.18. The van der Waals surface area contributed by atoms with Gasteiger partial charge < -0.3 is 9.84 Å². The maximum atomic E-state index is 12.9. The molecular weight excluding hydrogens is 273 g/mol. The number of aromatic nitrogens is 1. The Balaban J connectivity index is 1.92. The van der Waals surface area contributed by atoms with Crippen LogP contribution < -0.4 is 5.32 Å². The number of rotatable bonds is 5. The molecule has 2 aromatic rings. The number of nitrogens with zero attached hydrogens (tertiary/aromatic N) is 2. The lowest BCUT2D eigenvalue weighted by molar-refractivity contribution is -0.117. The van der Waals surface area contributed by atoms with E-state index in [0.29, 0.717) is 11.6 Å². The maximum absolute atomic E-state index is 12.9. The minimum absolute atomic E-state index is 0.00426. The molecule has 112 valence electrons. The van der Waals surface area contributed by atoms with Crippen molar-refractivity contribution in [2.75, 3.05) is 18.9 Å². The zero-order chi connectivity index (χ0) is 15.4. The van der Waals surface area contributed by atoms with Crippen LogP contribution in [0.25, 0.3) is 0 Å². The molecule has 0 bridgehead atoms. The van der Waals surface area contributed by atoms with Crippen LogP contribution in [-0.4, -0.2) is 29.6 Å². The number of carbonyl (C=O) groups is 1. The highest BCUT2D eigenvalue weighted by Gasteiger charge is 2.15. The Hall–Kier alpha value is -2.21. The minimum Gasteiger partial charge on any atom is -0.360 e. The molecule has 5 nitrogen and oxygen atoms in total. The van der Waals surface area contributed by atoms with Gasteiger partial charge in [-0.2, -0.15) is 0 Å². The first kappa shape index (κ1) is 15.2. The largest absolute Gasteiger partial charge is 0.360 e. The number of aryl methyl sites for hydroxylation is 1. The first-order valence-corrected chi connectivity index (χ1v) is 6.64. The molecule has 0 aliphatic heterocycles. The Labute approximate surface area is 122 Å². The highest BCUT2D eigenvalue weighted by molar-refractivity contribution is 5.91. The number of likely N-dealkylation sites (N-methyl/N-ethyl adjacent to an activating group) is 1. The van der Waals surface area contributed by atoms with Gasteiger partial charge in [-0.1, -0.05) is 17.3 Å². The summed E-state index contributed by atoms with van der Waals surface area (Å²) in [6.07, 6.45) is 0. The van der Waals surface area contributed by atoms with E-state index in [0.717, 1.165) is 5.56 Å². The predicted octanol–water partition coefficient (Wildman–Crippen LogP) is 2.75. The van der Waals surface area contributed by atoms with Crippen molar-refractivity contribution in [3.8, 4) is 0 Å². The van der Waals surface area contributed by atoms with Gasteiger partial charge in [-0.25, -0.2) is 4.39 Å². The van der Waals surface area contributed by atoms with Crippen LogP contribution >= 0.6 is 0 Å². The lowest BCUT2D eigenvalue weighted by Crippen LogP contribution is -2.32. The normalized spacial score (nSPS) is 12.4. The number of hydrogen-bond donors (Lipinski definition) is 1. The second kappa shape index (κ2) is 6.49. The van der Waals surface area contributed by atoms with Crippen molar-refractivity contribution < 1.29 is 13.7 Å². The number of halogens is 1. The van der Waals surface area contributed by atoms with Gasteiger partial charge in [0.05, 0.1) is 6.54 Å². The summed E-state index contributed by atoms with van der Waals surface area (Å²) in [5, 5.41) is 6.37. The topological polar surface area (TPSA) is 58.4 Å². The lowest BCUT2D eigenvalue weighted by atomic mass is 10.1. The summed E-state index contributed by atoms with van der Waals surface area (Å²) in [6.45, 7) is 3.91. The number of nitrogens with one attached hydrogen (secondary N) is 1. The molecule has 0 aliphatic rings. The molecule has 1 heterocycles. The minimum atomic E-state index is -0.271. The van der Waals surface area contributed by atoms with Crippen molar-refractivity contribution in [2.45, 2.75) is 19.9 Å². The van der Waals surface area contributed by atoms with E-state index in [9.17, 15) is 9.18 Å². The van der Waals surface area contributed by atoms with E-state index in [4.69, 9.17) is 4.52 Å². The summed E-state index contributed by atoms with van der Waals surface area (Å²) in [4.78, 5) is 13.8. The fourth-order valence-corrected chi connectivity index (χ4v) is 1.97. The molecule has 0 saturated carbocycles. The number of anilines is 1. The Kier molecular flexibility index (Phi) is 4.70. The molecule has 0 fully saturated rings. The maximum Gasteiger partial charge on any atom is 0.239 e. The summed E-state index contributed by atoms with van der Waals surface area (Å²) < 4.78 is 17.8. The van der Waals surface area contributed by atoms with Gasteiger partial charge in [0.2, 0.25) is 5.91 Å². The molecule has 0 saturated heterocycles. The second-order valence-corrected chi connectivity index (χ2v) is 5.01. The smallest absolute Gasteiger partial charge is 0.239 e. The van der Waals surface area contributed by atoms with E-state index in [-0.39, 0.29) is 24.3 Å². The van der Waals surface area contributed by atoms with Crippen molar-refractivity contribution in [3.05, 3.63) is 47.5 Å². The Bertz CT molecular complexity index is 610. The van der Waals surface area contributed by atoms with Gasteiger partial charge >= 0.3 is 0 Å². The third-order valence-corrected chi connectivity index (χ3v) is 3.30. The zero-order valence-corrected chi connectivity index (χ0v) is 12.3. The van der Waals surface area contributed by atoms with E-state index in [1.165, 1.54) is 12.1 Å². The molecule has 1 aromatic heterocycles. The van der Waals surface area contributed by atoms with Gasteiger partial charge in [-0.3, -0.25) is 9.69 Å². The molecular formula is C15H18FN3O2. The van der Waals surface area contributed by atoms with E-state index in [1.54, 1.807) is 25.1 Å². The molecule has 2 rings (SSSR count). The van der Waals surface area contributed by atoms with Gasteiger partial charge in [-0.15, -0.1) is 0 Å². The highest BCUT2D eigenvalue weighted by atomic mass is 19.1. The molecule has 21 heavy (non-hydrogen) atoms. The Morgan fingerprint density at radius 1 is 1.43 bits per heavy atom. The van der Waals surface area contributed by atoms with E-state index >= 15 is 0 Å². The van der Waals surface area contributed by atoms with Crippen molar-refractivity contribution in [2.24, 2.45) is 0 Å². The lowest BCUT2D eigenvalue weighted by Gasteiger charge is -2.24. The average molecular weight is 291 g/mol. The summed E-state index contributed by atoms with van der Waals surface area (Å²) in [7, 11) is 1.83. The standard InChI is InChI=1S/C15H18FN3O2/c1-10-8-14(18-21-10)17-15(20)9-19(3)11(2)12-4-6-13(16)7-5-12/h4-8,11H,9H2,1-3H3,(H,17,18,20)/t11-/m0/s1. The van der Waals surface area contributed by atoms with Gasteiger partial charge in [0.1, 0.15) is 11.6 Å². The average Bonchev–Trinajstić information content (AvgIpc) is 2.83. The molecule has 6 heteroatoms. The number of amides is 1. The molecule has 1 N–H and O–H groups in total. The number of benzene rings is 1.